The number of benzene rings is 1. The van der Waals surface area contributed by atoms with Crippen molar-refractivity contribution >= 4 is 12.0 Å². The zero-order valence-electron chi connectivity index (χ0n) is 9.73. The third-order valence-corrected chi connectivity index (χ3v) is 2.02. The van der Waals surface area contributed by atoms with Crippen molar-refractivity contribution in [3.63, 3.8) is 0 Å². The zero-order valence-corrected chi connectivity index (χ0v) is 9.73. The summed E-state index contributed by atoms with van der Waals surface area (Å²) in [6, 6.07) is 5.60. The number of hydrogen-bond acceptors (Lipinski definition) is 2. The molecule has 0 bridgehead atoms. The number of aliphatic carboxylic acids is 1. The van der Waals surface area contributed by atoms with Gasteiger partial charge in [0.1, 0.15) is 5.75 Å². The van der Waals surface area contributed by atoms with E-state index in [1.54, 1.807) is 6.08 Å². The van der Waals surface area contributed by atoms with E-state index in [-0.39, 0.29) is 6.10 Å². The Labute approximate surface area is 95.4 Å². The smallest absolute Gasteiger partial charge is 0.328 e. The Morgan fingerprint density at radius 1 is 1.44 bits per heavy atom. The molecule has 1 rings (SSSR count). The maximum Gasteiger partial charge on any atom is 0.328 e. The third-order valence-electron chi connectivity index (χ3n) is 2.02. The van der Waals surface area contributed by atoms with Gasteiger partial charge in [-0.1, -0.05) is 6.07 Å². The first-order chi connectivity index (χ1) is 7.49. The molecule has 0 saturated carbocycles. The number of ether oxygens (including phenoxy) is 1. The van der Waals surface area contributed by atoms with Crippen molar-refractivity contribution in [1.82, 2.24) is 0 Å². The van der Waals surface area contributed by atoms with Crippen LogP contribution in [0.25, 0.3) is 6.08 Å². The topological polar surface area (TPSA) is 46.5 Å². The maximum atomic E-state index is 10.4. The molecule has 0 aromatic heterocycles. The molecule has 0 atom stereocenters. The lowest BCUT2D eigenvalue weighted by atomic mass is 10.1. The molecule has 3 nitrogen and oxygen atoms in total. The van der Waals surface area contributed by atoms with Gasteiger partial charge in [-0.3, -0.25) is 0 Å². The Balaban J connectivity index is 2.87. The lowest BCUT2D eigenvalue weighted by Crippen LogP contribution is -2.05. The molecule has 0 unspecified atom stereocenters. The molecule has 0 aliphatic rings. The standard InChI is InChI=1S/C13H16O3/c1-9(2)16-12-6-4-11(10(3)8-12)5-7-13(14)15/h4-9H,1-3H3,(H,14,15)/b7-5+. The largest absolute Gasteiger partial charge is 0.491 e. The minimum absolute atomic E-state index is 0.139. The molecule has 0 saturated heterocycles. The first kappa shape index (κ1) is 12.3. The van der Waals surface area contributed by atoms with Gasteiger partial charge in [0, 0.05) is 6.08 Å². The highest BCUT2D eigenvalue weighted by atomic mass is 16.5. The summed E-state index contributed by atoms with van der Waals surface area (Å²) < 4.78 is 5.54. The highest BCUT2D eigenvalue weighted by molar-refractivity contribution is 5.85. The molecule has 0 aliphatic carbocycles. The van der Waals surface area contributed by atoms with Gasteiger partial charge in [0.25, 0.3) is 0 Å². The fourth-order valence-electron chi connectivity index (χ4n) is 1.34. The second kappa shape index (κ2) is 5.35. The summed E-state index contributed by atoms with van der Waals surface area (Å²) in [5, 5.41) is 8.53. The summed E-state index contributed by atoms with van der Waals surface area (Å²) in [5.41, 5.74) is 1.88. The molecule has 0 amide bonds. The monoisotopic (exact) mass is 220 g/mol. The van der Waals surface area contributed by atoms with Crippen LogP contribution in [0.2, 0.25) is 0 Å². The van der Waals surface area contributed by atoms with Crippen LogP contribution in [-0.4, -0.2) is 17.2 Å². The van der Waals surface area contributed by atoms with Crippen LogP contribution in [0.3, 0.4) is 0 Å². The van der Waals surface area contributed by atoms with E-state index in [1.165, 1.54) is 0 Å². The van der Waals surface area contributed by atoms with Crippen molar-refractivity contribution in [1.29, 1.82) is 0 Å². The van der Waals surface area contributed by atoms with Crippen LogP contribution in [-0.2, 0) is 4.79 Å². The summed E-state index contributed by atoms with van der Waals surface area (Å²) in [4.78, 5) is 10.4. The minimum Gasteiger partial charge on any atom is -0.491 e. The molecule has 1 aromatic carbocycles. The average Bonchev–Trinajstić information content (AvgIpc) is 2.15. The van der Waals surface area contributed by atoms with Gasteiger partial charge in [-0.15, -0.1) is 0 Å². The van der Waals surface area contributed by atoms with Crippen LogP contribution in [0.5, 0.6) is 5.75 Å². The Morgan fingerprint density at radius 3 is 2.62 bits per heavy atom. The second-order valence-electron chi connectivity index (χ2n) is 3.86. The molecule has 0 spiro atoms. The van der Waals surface area contributed by atoms with Gasteiger partial charge in [-0.05, 0) is 50.1 Å². The van der Waals surface area contributed by atoms with Crippen LogP contribution in [0.15, 0.2) is 24.3 Å². The summed E-state index contributed by atoms with van der Waals surface area (Å²) in [6.45, 7) is 5.86. The van der Waals surface area contributed by atoms with E-state index < -0.39 is 5.97 Å². The molecule has 86 valence electrons. The summed E-state index contributed by atoms with van der Waals surface area (Å²) in [6.07, 6.45) is 2.85. The fourth-order valence-corrected chi connectivity index (χ4v) is 1.34. The number of rotatable bonds is 4. The van der Waals surface area contributed by atoms with Gasteiger partial charge < -0.3 is 9.84 Å². The lowest BCUT2D eigenvalue weighted by molar-refractivity contribution is -0.131. The normalized spacial score (nSPS) is 11.0. The third kappa shape index (κ3) is 3.77. The van der Waals surface area contributed by atoms with Gasteiger partial charge in [0.05, 0.1) is 6.10 Å². The van der Waals surface area contributed by atoms with E-state index in [0.717, 1.165) is 23.0 Å². The van der Waals surface area contributed by atoms with Crippen LogP contribution >= 0.6 is 0 Å². The van der Waals surface area contributed by atoms with E-state index in [1.807, 2.05) is 39.0 Å². The summed E-state index contributed by atoms with van der Waals surface area (Å²) >= 11 is 0. The Bertz CT molecular complexity index is 406. The maximum absolute atomic E-state index is 10.4. The molecule has 0 aliphatic heterocycles. The van der Waals surface area contributed by atoms with Crippen LogP contribution in [0, 0.1) is 6.92 Å². The highest BCUT2D eigenvalue weighted by Gasteiger charge is 2.00. The molecule has 0 fully saturated rings. The van der Waals surface area contributed by atoms with Gasteiger partial charge >= 0.3 is 5.97 Å². The average molecular weight is 220 g/mol. The molecule has 1 N–H and O–H groups in total. The number of carboxylic acids is 1. The van der Waals surface area contributed by atoms with Gasteiger partial charge in [-0.2, -0.15) is 0 Å². The lowest BCUT2D eigenvalue weighted by Gasteiger charge is -2.11. The predicted molar refractivity (Wildman–Crippen MR) is 63.6 cm³/mol. The van der Waals surface area contributed by atoms with Crippen LogP contribution < -0.4 is 4.74 Å². The van der Waals surface area contributed by atoms with Gasteiger partial charge in [0.15, 0.2) is 0 Å². The Hall–Kier alpha value is -1.77. The Morgan fingerprint density at radius 2 is 2.12 bits per heavy atom. The first-order valence-electron chi connectivity index (χ1n) is 5.17. The minimum atomic E-state index is -0.943. The number of carbonyl (C=O) groups is 1. The van der Waals surface area contributed by atoms with Crippen molar-refractivity contribution < 1.29 is 14.6 Å². The van der Waals surface area contributed by atoms with Crippen molar-refractivity contribution in [2.24, 2.45) is 0 Å². The van der Waals surface area contributed by atoms with E-state index in [0.29, 0.717) is 0 Å². The van der Waals surface area contributed by atoms with E-state index in [9.17, 15) is 4.79 Å². The van der Waals surface area contributed by atoms with Crippen LogP contribution in [0.4, 0.5) is 0 Å². The van der Waals surface area contributed by atoms with E-state index in [4.69, 9.17) is 9.84 Å². The second-order valence-corrected chi connectivity index (χ2v) is 3.86. The molecular weight excluding hydrogens is 204 g/mol. The number of hydrogen-bond donors (Lipinski definition) is 1. The summed E-state index contributed by atoms with van der Waals surface area (Å²) in [7, 11) is 0. The highest BCUT2D eigenvalue weighted by Crippen LogP contribution is 2.19. The molecule has 0 heterocycles. The van der Waals surface area contributed by atoms with Gasteiger partial charge in [0.2, 0.25) is 0 Å². The molecular formula is C13H16O3. The predicted octanol–water partition coefficient (Wildman–Crippen LogP) is 2.88. The van der Waals surface area contributed by atoms with Crippen molar-refractivity contribution in [2.75, 3.05) is 0 Å². The fraction of sp³-hybridized carbons (Fsp3) is 0.308. The molecule has 16 heavy (non-hydrogen) atoms. The SMILES string of the molecule is Cc1cc(OC(C)C)ccc1/C=C/C(=O)O. The number of aryl methyl sites for hydroxylation is 1. The quantitative estimate of drug-likeness (QED) is 0.793. The zero-order chi connectivity index (χ0) is 12.1. The first-order valence-corrected chi connectivity index (χ1v) is 5.17. The van der Waals surface area contributed by atoms with Crippen molar-refractivity contribution in [2.45, 2.75) is 26.9 Å². The Kier molecular flexibility index (Phi) is 4.11. The molecule has 1 aromatic rings. The number of carboxylic acid groups (broad SMARTS) is 1. The molecule has 3 heteroatoms. The summed E-state index contributed by atoms with van der Waals surface area (Å²) in [5.74, 6) is -0.137. The van der Waals surface area contributed by atoms with E-state index in [2.05, 4.69) is 0 Å². The van der Waals surface area contributed by atoms with Gasteiger partial charge in [-0.25, -0.2) is 4.79 Å². The van der Waals surface area contributed by atoms with Crippen molar-refractivity contribution in [3.8, 4) is 5.75 Å². The van der Waals surface area contributed by atoms with E-state index >= 15 is 0 Å². The molecule has 0 radical (unpaired) electrons. The van der Waals surface area contributed by atoms with Crippen molar-refractivity contribution in [3.05, 3.63) is 35.4 Å². The van der Waals surface area contributed by atoms with Crippen LogP contribution in [0.1, 0.15) is 25.0 Å².